The monoisotopic (exact) mass is 418 g/mol. The average Bonchev–Trinajstić information content (AvgIpc) is 3.19. The molecule has 0 aromatic heterocycles. The van der Waals surface area contributed by atoms with Crippen molar-refractivity contribution < 1.29 is 13.2 Å². The number of benzene rings is 3. The van der Waals surface area contributed by atoms with Crippen LogP contribution < -0.4 is 0 Å². The zero-order chi connectivity index (χ0) is 21.3. The molecule has 0 spiro atoms. The molecule has 1 heterocycles. The maximum absolute atomic E-state index is 13.3. The largest absolute Gasteiger partial charge is 0.274 e. The molecule has 6 heteroatoms. The van der Waals surface area contributed by atoms with Gasteiger partial charge < -0.3 is 0 Å². The van der Waals surface area contributed by atoms with Gasteiger partial charge in [0.25, 0.3) is 5.91 Å². The van der Waals surface area contributed by atoms with E-state index in [1.165, 1.54) is 17.1 Å². The van der Waals surface area contributed by atoms with Gasteiger partial charge in [0.1, 0.15) is 0 Å². The molecule has 0 bridgehead atoms. The molecule has 0 aliphatic carbocycles. The smallest absolute Gasteiger partial charge is 0.267 e. The fourth-order valence-electron chi connectivity index (χ4n) is 3.53. The van der Waals surface area contributed by atoms with Crippen LogP contribution in [0, 0.1) is 6.92 Å². The molecule has 0 N–H and O–H groups in total. The third-order valence-corrected chi connectivity index (χ3v) is 6.35. The molecule has 5 nitrogen and oxygen atoms in total. The molecule has 30 heavy (non-hydrogen) atoms. The van der Waals surface area contributed by atoms with Gasteiger partial charge in [0.05, 0.1) is 16.6 Å². The summed E-state index contributed by atoms with van der Waals surface area (Å²) < 4.78 is 23.4. The molecule has 1 aliphatic rings. The van der Waals surface area contributed by atoms with Crippen LogP contribution in [0.15, 0.2) is 88.9 Å². The lowest BCUT2D eigenvalue weighted by atomic mass is 9.97. The Balaban J connectivity index is 1.71. The van der Waals surface area contributed by atoms with Crippen molar-refractivity contribution in [2.75, 3.05) is 6.26 Å². The summed E-state index contributed by atoms with van der Waals surface area (Å²) in [6, 6.07) is 23.7. The lowest BCUT2D eigenvalue weighted by Crippen LogP contribution is -2.27. The number of amides is 1. The van der Waals surface area contributed by atoms with Crippen LogP contribution in [-0.4, -0.2) is 31.3 Å². The quantitative estimate of drug-likeness (QED) is 0.631. The minimum absolute atomic E-state index is 0.184. The second-order valence-corrected chi connectivity index (χ2v) is 9.51. The van der Waals surface area contributed by atoms with E-state index < -0.39 is 9.84 Å². The van der Waals surface area contributed by atoms with Crippen LogP contribution in [-0.2, 0) is 9.84 Å². The first kappa shape index (κ1) is 20.0. The fourth-order valence-corrected chi connectivity index (χ4v) is 4.16. The van der Waals surface area contributed by atoms with E-state index in [2.05, 4.69) is 5.10 Å². The Bertz CT molecular complexity index is 1200. The molecule has 0 radical (unpaired) electrons. The van der Waals surface area contributed by atoms with Crippen molar-refractivity contribution in [3.8, 4) is 0 Å². The van der Waals surface area contributed by atoms with Gasteiger partial charge in [0.2, 0.25) is 0 Å². The van der Waals surface area contributed by atoms with E-state index in [1.54, 1.807) is 12.1 Å². The molecule has 3 aromatic rings. The van der Waals surface area contributed by atoms with E-state index in [1.807, 2.05) is 61.5 Å². The van der Waals surface area contributed by atoms with E-state index in [4.69, 9.17) is 0 Å². The molecule has 1 unspecified atom stereocenters. The second-order valence-electron chi connectivity index (χ2n) is 7.49. The van der Waals surface area contributed by atoms with Crippen LogP contribution in [0.4, 0.5) is 0 Å². The van der Waals surface area contributed by atoms with Gasteiger partial charge in [-0.25, -0.2) is 13.4 Å². The minimum Gasteiger partial charge on any atom is -0.267 e. The summed E-state index contributed by atoms with van der Waals surface area (Å²) >= 11 is 0. The highest BCUT2D eigenvalue weighted by Gasteiger charge is 2.33. The van der Waals surface area contributed by atoms with Gasteiger partial charge in [-0.15, -0.1) is 0 Å². The van der Waals surface area contributed by atoms with Crippen molar-refractivity contribution in [1.29, 1.82) is 0 Å². The van der Waals surface area contributed by atoms with E-state index in [0.29, 0.717) is 12.0 Å². The van der Waals surface area contributed by atoms with Gasteiger partial charge in [-0.1, -0.05) is 60.2 Å². The summed E-state index contributed by atoms with van der Waals surface area (Å²) in [6.07, 6.45) is 1.76. The first-order valence-electron chi connectivity index (χ1n) is 9.66. The molecular formula is C24H22N2O3S. The summed E-state index contributed by atoms with van der Waals surface area (Å²) in [5, 5.41) is 6.18. The predicted octanol–water partition coefficient (Wildman–Crippen LogP) is 4.39. The molecular weight excluding hydrogens is 396 g/mol. The van der Waals surface area contributed by atoms with Crippen molar-refractivity contribution in [2.24, 2.45) is 5.10 Å². The zero-order valence-electron chi connectivity index (χ0n) is 16.8. The van der Waals surface area contributed by atoms with E-state index >= 15 is 0 Å². The predicted molar refractivity (Wildman–Crippen MR) is 117 cm³/mol. The average molecular weight is 419 g/mol. The number of rotatable bonds is 4. The molecule has 4 rings (SSSR count). The summed E-state index contributed by atoms with van der Waals surface area (Å²) in [5.41, 5.74) is 4.39. The number of nitrogens with zero attached hydrogens (tertiary/aromatic N) is 2. The van der Waals surface area contributed by atoms with Crippen LogP contribution in [0.3, 0.4) is 0 Å². The van der Waals surface area contributed by atoms with Crippen molar-refractivity contribution >= 4 is 21.5 Å². The standard InChI is InChI=1S/C24H22N2O3S/c1-17-8-10-19(11-9-17)23-16-22(18-6-4-3-5-7-18)25-26(23)24(27)20-12-14-21(15-13-20)30(2,28)29/h3-15,23H,16H2,1-2H3. The van der Waals surface area contributed by atoms with Gasteiger partial charge in [0, 0.05) is 18.2 Å². The fraction of sp³-hybridized carbons (Fsp3) is 0.167. The number of carbonyl (C=O) groups is 1. The summed E-state index contributed by atoms with van der Waals surface area (Å²) in [7, 11) is -3.32. The highest BCUT2D eigenvalue weighted by molar-refractivity contribution is 7.90. The number of sulfone groups is 1. The second kappa shape index (κ2) is 7.88. The molecule has 0 fully saturated rings. The molecule has 1 atom stereocenters. The normalized spacial score (nSPS) is 16.4. The van der Waals surface area contributed by atoms with E-state index in [-0.39, 0.29) is 16.8 Å². The third kappa shape index (κ3) is 4.04. The number of hydrogen-bond acceptors (Lipinski definition) is 4. The van der Waals surface area contributed by atoms with Gasteiger partial charge >= 0.3 is 0 Å². The van der Waals surface area contributed by atoms with Gasteiger partial charge in [-0.3, -0.25) is 4.79 Å². The van der Waals surface area contributed by atoms with Crippen molar-refractivity contribution in [2.45, 2.75) is 24.3 Å². The van der Waals surface area contributed by atoms with Crippen molar-refractivity contribution in [3.63, 3.8) is 0 Å². The van der Waals surface area contributed by atoms with Crippen molar-refractivity contribution in [3.05, 3.63) is 101 Å². The first-order chi connectivity index (χ1) is 14.3. The van der Waals surface area contributed by atoms with E-state index in [9.17, 15) is 13.2 Å². The zero-order valence-corrected chi connectivity index (χ0v) is 17.6. The molecule has 0 saturated carbocycles. The highest BCUT2D eigenvalue weighted by atomic mass is 32.2. The van der Waals surface area contributed by atoms with Crippen LogP contribution in [0.5, 0.6) is 0 Å². The Labute approximate surface area is 176 Å². The molecule has 1 amide bonds. The summed E-state index contributed by atoms with van der Waals surface area (Å²) in [6.45, 7) is 2.02. The Morgan fingerprint density at radius 1 is 0.933 bits per heavy atom. The van der Waals surface area contributed by atoms with Crippen molar-refractivity contribution in [1.82, 2.24) is 5.01 Å². The maximum Gasteiger partial charge on any atom is 0.274 e. The summed E-state index contributed by atoms with van der Waals surface area (Å²) in [4.78, 5) is 13.5. The van der Waals surface area contributed by atoms with Crippen LogP contribution in [0.2, 0.25) is 0 Å². The van der Waals surface area contributed by atoms with Crippen LogP contribution in [0.25, 0.3) is 0 Å². The highest BCUT2D eigenvalue weighted by Crippen LogP contribution is 2.34. The minimum atomic E-state index is -3.32. The van der Waals surface area contributed by atoms with E-state index in [0.717, 1.165) is 28.7 Å². The SMILES string of the molecule is Cc1ccc(C2CC(c3ccccc3)=NN2C(=O)c2ccc(S(C)(=O)=O)cc2)cc1. The summed E-state index contributed by atoms with van der Waals surface area (Å²) in [5.74, 6) is -0.258. The van der Waals surface area contributed by atoms with Crippen LogP contribution >= 0.6 is 0 Å². The van der Waals surface area contributed by atoms with Gasteiger partial charge in [-0.05, 0) is 42.3 Å². The first-order valence-corrected chi connectivity index (χ1v) is 11.6. The number of aryl methyl sites for hydroxylation is 1. The molecule has 0 saturated heterocycles. The Kier molecular flexibility index (Phi) is 5.26. The topological polar surface area (TPSA) is 66.8 Å². The Hall–Kier alpha value is -3.25. The molecule has 152 valence electrons. The molecule has 3 aromatic carbocycles. The van der Waals surface area contributed by atoms with Crippen LogP contribution in [0.1, 0.15) is 39.5 Å². The number of hydrazone groups is 1. The third-order valence-electron chi connectivity index (χ3n) is 5.22. The number of carbonyl (C=O) groups excluding carboxylic acids is 1. The Morgan fingerprint density at radius 2 is 1.57 bits per heavy atom. The lowest BCUT2D eigenvalue weighted by Gasteiger charge is -2.22. The lowest BCUT2D eigenvalue weighted by molar-refractivity contribution is 0.0711. The van der Waals surface area contributed by atoms with Gasteiger partial charge in [-0.2, -0.15) is 5.10 Å². The maximum atomic E-state index is 13.3. The number of hydrogen-bond donors (Lipinski definition) is 0. The Morgan fingerprint density at radius 3 is 2.17 bits per heavy atom. The molecule has 1 aliphatic heterocycles. The van der Waals surface area contributed by atoms with Gasteiger partial charge in [0.15, 0.2) is 9.84 Å².